The Bertz CT molecular complexity index is 1100. The van der Waals surface area contributed by atoms with E-state index in [4.69, 9.17) is 0 Å². The summed E-state index contributed by atoms with van der Waals surface area (Å²) in [6.45, 7) is 0. The van der Waals surface area contributed by atoms with Gasteiger partial charge in [-0.2, -0.15) is 5.10 Å². The van der Waals surface area contributed by atoms with Gasteiger partial charge in [0, 0.05) is 13.1 Å². The fourth-order valence-electron chi connectivity index (χ4n) is 3.78. The molecular formula is C17H21N3O5S3. The van der Waals surface area contributed by atoms with Gasteiger partial charge in [0.2, 0.25) is 0 Å². The monoisotopic (exact) mass is 443 g/mol. The fourth-order valence-corrected chi connectivity index (χ4v) is 7.98. The van der Waals surface area contributed by atoms with Crippen LogP contribution >= 0.6 is 11.3 Å². The summed E-state index contributed by atoms with van der Waals surface area (Å²) in [5.74, 6) is -0.167. The molecule has 2 atom stereocenters. The molecular weight excluding hydrogens is 422 g/mol. The Kier molecular flexibility index (Phi) is 4.87. The number of hydrogen-bond acceptors (Lipinski definition) is 7. The van der Waals surface area contributed by atoms with E-state index in [9.17, 15) is 21.6 Å². The largest absolute Gasteiger partial charge is 0.336 e. The van der Waals surface area contributed by atoms with Gasteiger partial charge in [0.15, 0.2) is 25.4 Å². The van der Waals surface area contributed by atoms with Crippen LogP contribution < -0.4 is 0 Å². The van der Waals surface area contributed by atoms with Gasteiger partial charge in [-0.1, -0.05) is 6.07 Å². The Morgan fingerprint density at radius 2 is 1.89 bits per heavy atom. The number of nitrogens with zero attached hydrogens (tertiary/aromatic N) is 3. The number of carbonyl (C=O) groups is 1. The third kappa shape index (κ3) is 3.74. The number of thiophene rings is 1. The Hall–Kier alpha value is -1.72. The van der Waals surface area contributed by atoms with E-state index in [-0.39, 0.29) is 46.7 Å². The molecule has 4 heterocycles. The number of carbonyl (C=O) groups excluding carboxylic acids is 1. The number of amides is 1. The molecule has 2 aromatic heterocycles. The highest BCUT2D eigenvalue weighted by atomic mass is 32.2. The van der Waals surface area contributed by atoms with Crippen molar-refractivity contribution in [2.45, 2.75) is 24.9 Å². The molecule has 2 aromatic rings. The summed E-state index contributed by atoms with van der Waals surface area (Å²) in [6.07, 6.45) is 0.886. The van der Waals surface area contributed by atoms with Crippen molar-refractivity contribution in [3.63, 3.8) is 0 Å². The molecule has 28 heavy (non-hydrogen) atoms. The zero-order valence-electron chi connectivity index (χ0n) is 15.3. The van der Waals surface area contributed by atoms with Crippen molar-refractivity contribution in [3.05, 3.63) is 29.3 Å². The Labute approximate surface area is 168 Å². The Morgan fingerprint density at radius 1 is 1.18 bits per heavy atom. The van der Waals surface area contributed by atoms with Gasteiger partial charge in [-0.25, -0.2) is 16.8 Å². The van der Waals surface area contributed by atoms with Gasteiger partial charge >= 0.3 is 0 Å². The average molecular weight is 444 g/mol. The zero-order chi connectivity index (χ0) is 20.1. The first-order valence-corrected chi connectivity index (χ1v) is 13.5. The van der Waals surface area contributed by atoms with Crippen molar-refractivity contribution in [1.29, 1.82) is 0 Å². The first-order valence-electron chi connectivity index (χ1n) is 8.97. The third-order valence-corrected chi connectivity index (χ3v) is 9.75. The van der Waals surface area contributed by atoms with E-state index in [1.54, 1.807) is 17.8 Å². The van der Waals surface area contributed by atoms with Crippen LogP contribution in [0.15, 0.2) is 23.6 Å². The number of rotatable bonds is 4. The van der Waals surface area contributed by atoms with Crippen molar-refractivity contribution in [3.8, 4) is 10.6 Å². The molecule has 2 fully saturated rings. The van der Waals surface area contributed by atoms with Crippen LogP contribution in [-0.4, -0.2) is 73.5 Å². The van der Waals surface area contributed by atoms with Gasteiger partial charge in [-0.3, -0.25) is 9.48 Å². The van der Waals surface area contributed by atoms with E-state index in [0.717, 1.165) is 4.88 Å². The molecule has 152 valence electrons. The van der Waals surface area contributed by atoms with Gasteiger partial charge in [0.1, 0.15) is 0 Å². The van der Waals surface area contributed by atoms with Gasteiger partial charge in [0.25, 0.3) is 5.91 Å². The highest BCUT2D eigenvalue weighted by molar-refractivity contribution is 7.91. The molecule has 4 rings (SSSR count). The molecule has 0 unspecified atom stereocenters. The summed E-state index contributed by atoms with van der Waals surface area (Å²) in [4.78, 5) is 15.3. The smallest absolute Gasteiger partial charge is 0.274 e. The van der Waals surface area contributed by atoms with E-state index in [2.05, 4.69) is 5.10 Å². The molecule has 2 aliphatic rings. The molecule has 0 N–H and O–H groups in total. The number of sulfone groups is 2. The first kappa shape index (κ1) is 19.6. The van der Waals surface area contributed by atoms with Gasteiger partial charge in [-0.05, 0) is 30.4 Å². The second-order valence-corrected chi connectivity index (χ2v) is 12.8. The van der Waals surface area contributed by atoms with Crippen LogP contribution in [0, 0.1) is 0 Å². The Morgan fingerprint density at radius 3 is 2.46 bits per heavy atom. The van der Waals surface area contributed by atoms with Crippen LogP contribution in [0.3, 0.4) is 0 Å². The topological polar surface area (TPSA) is 106 Å². The van der Waals surface area contributed by atoms with Crippen molar-refractivity contribution >= 4 is 36.9 Å². The van der Waals surface area contributed by atoms with Crippen molar-refractivity contribution in [2.24, 2.45) is 0 Å². The normalized spacial score (nSPS) is 25.8. The van der Waals surface area contributed by atoms with Crippen molar-refractivity contribution < 1.29 is 21.6 Å². The van der Waals surface area contributed by atoms with Crippen LogP contribution in [0.4, 0.5) is 0 Å². The maximum Gasteiger partial charge on any atom is 0.274 e. The van der Waals surface area contributed by atoms with Crippen LogP contribution in [0.5, 0.6) is 0 Å². The predicted octanol–water partition coefficient (Wildman–Crippen LogP) is 1.23. The summed E-state index contributed by atoms with van der Waals surface area (Å²) in [5, 5.41) is 6.37. The third-order valence-electron chi connectivity index (χ3n) is 5.36. The SMILES string of the molecule is CN(C(=O)c1cc(-c2cccs2)n([C@H]2CCS(=O)(=O)C2)n1)[C@H]1CCS(=O)(=O)C1. The molecule has 0 spiro atoms. The standard InChI is InChI=1S/C17H21N3O5S3/c1-19(12-4-7-27(22,23)10-12)17(21)14-9-15(16-3-2-6-26-16)20(18-14)13-5-8-28(24,25)11-13/h2-3,6,9,12-13H,4-5,7-8,10-11H2,1H3/t12-,13-/m0/s1. The Balaban J connectivity index is 1.66. The highest BCUT2D eigenvalue weighted by Gasteiger charge is 2.36. The summed E-state index contributed by atoms with van der Waals surface area (Å²) in [6, 6.07) is 4.81. The molecule has 2 saturated heterocycles. The molecule has 8 nitrogen and oxygen atoms in total. The zero-order valence-corrected chi connectivity index (χ0v) is 17.8. The predicted molar refractivity (Wildman–Crippen MR) is 107 cm³/mol. The second-order valence-electron chi connectivity index (χ2n) is 7.37. The minimum atomic E-state index is -3.11. The molecule has 0 saturated carbocycles. The average Bonchev–Trinajstić information content (AvgIpc) is 3.38. The lowest BCUT2D eigenvalue weighted by molar-refractivity contribution is 0.0740. The van der Waals surface area contributed by atoms with Gasteiger partial charge in [-0.15, -0.1) is 11.3 Å². The van der Waals surface area contributed by atoms with Crippen LogP contribution in [0.1, 0.15) is 29.4 Å². The molecule has 1 amide bonds. The maximum atomic E-state index is 13.0. The molecule has 2 aliphatic heterocycles. The van der Waals surface area contributed by atoms with Crippen LogP contribution in [-0.2, 0) is 19.7 Å². The summed E-state index contributed by atoms with van der Waals surface area (Å²) in [5.41, 5.74) is 0.924. The summed E-state index contributed by atoms with van der Waals surface area (Å²) < 4.78 is 49.0. The summed E-state index contributed by atoms with van der Waals surface area (Å²) >= 11 is 1.49. The first-order chi connectivity index (χ1) is 13.2. The maximum absolute atomic E-state index is 13.0. The van der Waals surface area contributed by atoms with Gasteiger partial charge in [0.05, 0.1) is 39.6 Å². The van der Waals surface area contributed by atoms with E-state index >= 15 is 0 Å². The molecule has 0 bridgehead atoms. The minimum Gasteiger partial charge on any atom is -0.336 e. The molecule has 0 aromatic carbocycles. The fraction of sp³-hybridized carbons (Fsp3) is 0.529. The molecule has 11 heteroatoms. The van der Waals surface area contributed by atoms with E-state index in [1.807, 2.05) is 17.5 Å². The van der Waals surface area contributed by atoms with Gasteiger partial charge < -0.3 is 4.90 Å². The van der Waals surface area contributed by atoms with Crippen LogP contribution in [0.2, 0.25) is 0 Å². The molecule has 0 radical (unpaired) electrons. The van der Waals surface area contributed by atoms with E-state index in [0.29, 0.717) is 18.5 Å². The summed E-state index contributed by atoms with van der Waals surface area (Å²) in [7, 11) is -4.61. The number of hydrogen-bond donors (Lipinski definition) is 0. The highest BCUT2D eigenvalue weighted by Crippen LogP contribution is 2.32. The quantitative estimate of drug-likeness (QED) is 0.704. The number of aromatic nitrogens is 2. The van der Waals surface area contributed by atoms with Crippen LogP contribution in [0.25, 0.3) is 10.6 Å². The lowest BCUT2D eigenvalue weighted by Crippen LogP contribution is -2.38. The van der Waals surface area contributed by atoms with Crippen molar-refractivity contribution in [1.82, 2.24) is 14.7 Å². The minimum absolute atomic E-state index is 0.0113. The van der Waals surface area contributed by atoms with Crippen molar-refractivity contribution in [2.75, 3.05) is 30.1 Å². The lowest BCUT2D eigenvalue weighted by Gasteiger charge is -2.22. The van der Waals surface area contributed by atoms with E-state index < -0.39 is 19.7 Å². The van der Waals surface area contributed by atoms with E-state index in [1.165, 1.54) is 16.2 Å². The second kappa shape index (κ2) is 6.96. The lowest BCUT2D eigenvalue weighted by atomic mass is 10.2. The molecule has 0 aliphatic carbocycles.